The molecule has 74 heavy (non-hydrogen) atoms. The van der Waals surface area contributed by atoms with E-state index < -0.39 is 0 Å². The van der Waals surface area contributed by atoms with Crippen LogP contribution in [0, 0.1) is 30.7 Å². The minimum atomic E-state index is 0. The molecule has 12 aromatic rings. The monoisotopic (exact) mass is 1330 g/mol. The largest absolute Gasteiger partial charge is 3.00 e. The first-order chi connectivity index (χ1) is 35.6. The third kappa shape index (κ3) is 15.5. The summed E-state index contributed by atoms with van der Waals surface area (Å²) in [6, 6.07) is 49.1. The smallest absolute Gasteiger partial charge is 0.466 e. The van der Waals surface area contributed by atoms with E-state index in [-0.39, 0.29) is 40.2 Å². The van der Waals surface area contributed by atoms with Crippen molar-refractivity contribution in [3.8, 4) is 11.1 Å². The molecule has 373 valence electrons. The van der Waals surface area contributed by atoms with Crippen molar-refractivity contribution in [1.29, 1.82) is 0 Å². The van der Waals surface area contributed by atoms with E-state index in [0.717, 1.165) is 82.3 Å². The normalized spacial score (nSPS) is 10.6. The van der Waals surface area contributed by atoms with Crippen LogP contribution in [0.4, 0.5) is 0 Å². The van der Waals surface area contributed by atoms with Gasteiger partial charge in [0.25, 0.3) is 0 Å². The van der Waals surface area contributed by atoms with Crippen LogP contribution in [0.5, 0.6) is 0 Å². The predicted octanol–water partition coefficient (Wildman–Crippen LogP) is 8.29. The van der Waals surface area contributed by atoms with Crippen LogP contribution in [0.15, 0.2) is 208 Å². The summed E-state index contributed by atoms with van der Waals surface area (Å²) in [7, 11) is 0. The number of rotatable bonds is 17. The summed E-state index contributed by atoms with van der Waals surface area (Å²) in [4.78, 5) is 9.89. The van der Waals surface area contributed by atoms with E-state index in [0.29, 0.717) is 26.2 Å². The molecule has 2 aromatic carbocycles. The van der Waals surface area contributed by atoms with Crippen LogP contribution >= 0.6 is 0 Å². The Kier molecular flexibility index (Phi) is 18.8. The van der Waals surface area contributed by atoms with Gasteiger partial charge < -0.3 is 13.7 Å². The Bertz CT molecular complexity index is 2960. The van der Waals surface area contributed by atoms with Crippen molar-refractivity contribution in [1.82, 2.24) is 72.6 Å². The summed E-state index contributed by atoms with van der Waals surface area (Å²) >= 11 is 0. The molecule has 0 saturated heterocycles. The van der Waals surface area contributed by atoms with Crippen molar-refractivity contribution in [3.63, 3.8) is 0 Å². The molecule has 0 atom stereocenters. The summed E-state index contributed by atoms with van der Waals surface area (Å²) in [5, 5.41) is 21.2. The number of benzene rings is 2. The zero-order valence-electron chi connectivity index (χ0n) is 40.2. The molecule has 15 nitrogen and oxygen atoms in total. The number of hydrogen-bond donors (Lipinski definition) is 0. The molecule has 0 aliphatic heterocycles. The molecule has 10 aromatic heterocycles. The molecule has 0 spiro atoms. The molecule has 0 N–H and O–H groups in total. The molecular formula is C57H50Ir2N15-2. The SMILES string of the molecule is [Ir+3].[Ir].[c-]1c(Cn2cccn2)cccc1Cn1cccn1.[c-]1c(Cn2cccn2)cccc1Cn1cccn1.[c-]1cccn1Cc1cc(-c2cc(Cn3[c-]ccc3)nc(Cn3cccn3)c2)cc(Cn2[c-]ccc2)n1. The van der Waals surface area contributed by atoms with Gasteiger partial charge in [-0.3, -0.25) is 33.4 Å². The van der Waals surface area contributed by atoms with Crippen molar-refractivity contribution >= 4 is 0 Å². The molecular weight excluding hydrogens is 1280 g/mol. The van der Waals surface area contributed by atoms with Crippen LogP contribution in [-0.4, -0.2) is 72.6 Å². The number of aromatic nitrogens is 15. The molecule has 1 radical (unpaired) electrons. The summed E-state index contributed by atoms with van der Waals surface area (Å²) in [6.45, 7) is 5.55. The average molecular weight is 1330 g/mol. The average Bonchev–Trinajstić information content (AvgIpc) is 4.21. The summed E-state index contributed by atoms with van der Waals surface area (Å²) < 4.78 is 15.5. The summed E-state index contributed by atoms with van der Waals surface area (Å²) in [6.07, 6.45) is 34.4. The van der Waals surface area contributed by atoms with Gasteiger partial charge in [0, 0.05) is 128 Å². The van der Waals surface area contributed by atoms with Crippen LogP contribution in [0.25, 0.3) is 11.1 Å². The van der Waals surface area contributed by atoms with Gasteiger partial charge in [-0.2, -0.15) is 110 Å². The molecule has 12 rings (SSSR count). The fraction of sp³-hybridized carbons (Fsp3) is 0.140. The van der Waals surface area contributed by atoms with Gasteiger partial charge in [0.1, 0.15) is 0 Å². The Balaban J connectivity index is 0.000000161. The van der Waals surface area contributed by atoms with Crippen molar-refractivity contribution in [2.75, 3.05) is 0 Å². The predicted molar refractivity (Wildman–Crippen MR) is 272 cm³/mol. The van der Waals surface area contributed by atoms with Gasteiger partial charge in [0.05, 0.1) is 29.3 Å². The van der Waals surface area contributed by atoms with Crippen molar-refractivity contribution < 1.29 is 40.2 Å². The maximum atomic E-state index is 4.95. The first kappa shape index (κ1) is 52.3. The van der Waals surface area contributed by atoms with Gasteiger partial charge in [0.15, 0.2) is 0 Å². The number of hydrogen-bond acceptors (Lipinski definition) is 7. The summed E-state index contributed by atoms with van der Waals surface area (Å²) in [5.74, 6) is 0. The topological polar surface area (TPSA) is 130 Å². The van der Waals surface area contributed by atoms with Crippen molar-refractivity contribution in [3.05, 3.63) is 284 Å². The van der Waals surface area contributed by atoms with Crippen LogP contribution in [0.1, 0.15) is 45.0 Å². The minimum Gasteiger partial charge on any atom is -0.466 e. The first-order valence-corrected chi connectivity index (χ1v) is 23.5. The van der Waals surface area contributed by atoms with Gasteiger partial charge in [-0.1, -0.05) is 0 Å². The second-order valence-electron chi connectivity index (χ2n) is 16.9. The van der Waals surface area contributed by atoms with E-state index in [9.17, 15) is 0 Å². The Morgan fingerprint density at radius 2 is 0.608 bits per heavy atom. The van der Waals surface area contributed by atoms with Crippen LogP contribution in [0.3, 0.4) is 0 Å². The zero-order valence-corrected chi connectivity index (χ0v) is 45.0. The van der Waals surface area contributed by atoms with Gasteiger partial charge in [-0.15, -0.1) is 59.4 Å². The molecule has 17 heteroatoms. The van der Waals surface area contributed by atoms with Gasteiger partial charge in [-0.05, 0) is 65.7 Å². The second-order valence-corrected chi connectivity index (χ2v) is 16.9. The second kappa shape index (κ2) is 26.6. The van der Waals surface area contributed by atoms with E-state index >= 15 is 0 Å². The molecule has 0 unspecified atom stereocenters. The number of nitrogens with zero attached hydrogens (tertiary/aromatic N) is 15. The summed E-state index contributed by atoms with van der Waals surface area (Å²) in [5.41, 5.74) is 10.6. The maximum Gasteiger partial charge on any atom is 3.00 e. The molecule has 0 fully saturated rings. The van der Waals surface area contributed by atoms with E-state index in [1.165, 1.54) is 0 Å². The van der Waals surface area contributed by atoms with E-state index in [1.807, 2.05) is 166 Å². The molecule has 0 aliphatic rings. The molecule has 0 amide bonds. The Hall–Kier alpha value is -8.07. The van der Waals surface area contributed by atoms with Crippen LogP contribution < -0.4 is 0 Å². The minimum absolute atomic E-state index is 0. The van der Waals surface area contributed by atoms with E-state index in [2.05, 4.69) is 105 Å². The first-order valence-electron chi connectivity index (χ1n) is 23.5. The Morgan fingerprint density at radius 1 is 0.324 bits per heavy atom. The standard InChI is InChI=1S/C29H24N7.2C14H13N4.2Ir/c1-2-10-33(9-1)20-26-16-24(17-27(31-26)21-34-11-3-4-12-34)25-18-28(22-35-13-5-6-14-35)32-29(19-25)23-36-15-7-8-30-36;2*1-4-13(11-17-8-2-6-15-17)10-14(5-1)12-18-9-3-7-16-18;;/h1-9,11,13,15-19H,20-23H2;2*1-9H,11-12H2;;/q-3;2*-1;;+3. The quantitative estimate of drug-likeness (QED) is 0.0840. The van der Waals surface area contributed by atoms with E-state index in [1.54, 1.807) is 31.0 Å². The number of pyridine rings is 2. The Morgan fingerprint density at radius 3 is 0.865 bits per heavy atom. The van der Waals surface area contributed by atoms with E-state index in [4.69, 9.17) is 9.97 Å². The fourth-order valence-electron chi connectivity index (χ4n) is 8.10. The fourth-order valence-corrected chi connectivity index (χ4v) is 8.10. The van der Waals surface area contributed by atoms with Gasteiger partial charge in [0.2, 0.25) is 0 Å². The molecule has 0 aliphatic carbocycles. The van der Waals surface area contributed by atoms with Gasteiger partial charge >= 0.3 is 20.1 Å². The molecule has 0 saturated carbocycles. The molecule has 10 heterocycles. The molecule has 0 bridgehead atoms. The maximum absolute atomic E-state index is 4.95. The van der Waals surface area contributed by atoms with Crippen molar-refractivity contribution in [2.45, 2.75) is 52.4 Å². The Labute approximate surface area is 457 Å². The van der Waals surface area contributed by atoms with Crippen LogP contribution in [-0.2, 0) is 92.6 Å². The van der Waals surface area contributed by atoms with Crippen molar-refractivity contribution in [2.24, 2.45) is 0 Å². The van der Waals surface area contributed by atoms with Gasteiger partial charge in [-0.25, -0.2) is 0 Å². The third-order valence-corrected chi connectivity index (χ3v) is 11.3. The third-order valence-electron chi connectivity index (χ3n) is 11.3. The zero-order chi connectivity index (χ0) is 48.6. The van der Waals surface area contributed by atoms with Crippen LogP contribution in [0.2, 0.25) is 0 Å².